The standard InChI is InChI=1S/C14H3F18NS4/c1-33-5(2(8(15,16)17)9(18,19)20)34-6(3(10(21,22)23)11(24,25)26)35-14(33)36-7(37-14)4(12(27,28)29)13(30,31)32/h1H3. The Hall–Kier alpha value is -0.840. The molecule has 1 nitrogen and oxygen atoms in total. The minimum absolute atomic E-state index is 0.224. The first-order chi connectivity index (χ1) is 16.0. The van der Waals surface area contributed by atoms with E-state index in [9.17, 15) is 79.0 Å². The molecule has 0 aromatic rings. The summed E-state index contributed by atoms with van der Waals surface area (Å²) in [6.07, 6.45) is -38.3. The van der Waals surface area contributed by atoms with Crippen molar-refractivity contribution in [3.8, 4) is 0 Å². The SMILES string of the molecule is CN1C(=C(C(F)(F)F)C(F)(F)F)SC(=C(C(F)(F)F)C(F)(F)F)SC12SC(=C(C(F)(F)F)C(F)(F)F)S2. The summed E-state index contributed by atoms with van der Waals surface area (Å²) < 4.78 is 229. The maximum Gasteiger partial charge on any atom is 0.423 e. The van der Waals surface area contributed by atoms with Crippen molar-refractivity contribution in [2.24, 2.45) is 0 Å². The molecule has 2 saturated heterocycles. The zero-order valence-corrected chi connectivity index (χ0v) is 19.6. The molecule has 0 saturated carbocycles. The molecule has 0 aliphatic carbocycles. The summed E-state index contributed by atoms with van der Waals surface area (Å²) in [6.45, 7) is 0. The number of halogens is 18. The van der Waals surface area contributed by atoms with Gasteiger partial charge in [0.2, 0.25) is 0 Å². The summed E-state index contributed by atoms with van der Waals surface area (Å²) in [5, 5.41) is -2.36. The maximum atomic E-state index is 13.3. The van der Waals surface area contributed by atoms with Gasteiger partial charge >= 0.3 is 37.1 Å². The van der Waals surface area contributed by atoms with E-state index >= 15 is 0 Å². The first kappa shape index (κ1) is 32.4. The fourth-order valence-electron chi connectivity index (χ4n) is 2.52. The number of alkyl halides is 18. The Labute approximate surface area is 209 Å². The molecule has 2 heterocycles. The van der Waals surface area contributed by atoms with Crippen LogP contribution in [-0.2, 0) is 0 Å². The average molecular weight is 655 g/mol. The zero-order valence-electron chi connectivity index (χ0n) is 16.4. The number of rotatable bonds is 0. The number of thioether (sulfide) groups is 4. The van der Waals surface area contributed by atoms with Crippen molar-refractivity contribution in [2.75, 3.05) is 7.05 Å². The topological polar surface area (TPSA) is 3.24 Å². The van der Waals surface area contributed by atoms with Crippen LogP contribution in [0.5, 0.6) is 0 Å². The summed E-state index contributed by atoms with van der Waals surface area (Å²) >= 11 is -3.71. The van der Waals surface area contributed by atoms with Crippen LogP contribution in [0.2, 0.25) is 0 Å². The third-order valence-corrected chi connectivity index (χ3v) is 10.2. The smallest absolute Gasteiger partial charge is 0.336 e. The molecule has 214 valence electrons. The van der Waals surface area contributed by atoms with Crippen LogP contribution in [0, 0.1) is 0 Å². The van der Waals surface area contributed by atoms with E-state index in [1.807, 2.05) is 0 Å². The molecule has 0 amide bonds. The summed E-state index contributed by atoms with van der Waals surface area (Å²) in [6, 6.07) is 0. The Morgan fingerprint density at radius 2 is 0.757 bits per heavy atom. The maximum absolute atomic E-state index is 13.3. The summed E-state index contributed by atoms with van der Waals surface area (Å²) in [5.41, 5.74) is -10.5. The van der Waals surface area contributed by atoms with E-state index in [2.05, 4.69) is 0 Å². The van der Waals surface area contributed by atoms with Crippen LogP contribution in [0.25, 0.3) is 0 Å². The van der Waals surface area contributed by atoms with Gasteiger partial charge in [0, 0.05) is 7.05 Å². The Balaban J connectivity index is 2.93. The van der Waals surface area contributed by atoms with Gasteiger partial charge in [-0.3, -0.25) is 0 Å². The molecule has 0 aromatic carbocycles. The minimum atomic E-state index is -6.47. The molecule has 2 aliphatic rings. The molecule has 2 fully saturated rings. The molecular weight excluding hydrogens is 652 g/mol. The van der Waals surface area contributed by atoms with Crippen molar-refractivity contribution in [3.05, 3.63) is 30.2 Å². The molecule has 23 heteroatoms. The lowest BCUT2D eigenvalue weighted by molar-refractivity contribution is -0.174. The highest BCUT2D eigenvalue weighted by Gasteiger charge is 2.65. The highest BCUT2D eigenvalue weighted by molar-refractivity contribution is 8.51. The zero-order chi connectivity index (χ0) is 29.4. The molecule has 0 unspecified atom stereocenters. The van der Waals surface area contributed by atoms with Crippen LogP contribution in [0.1, 0.15) is 0 Å². The molecule has 2 aliphatic heterocycles. The van der Waals surface area contributed by atoms with Crippen LogP contribution in [0.3, 0.4) is 0 Å². The van der Waals surface area contributed by atoms with Crippen LogP contribution in [-0.4, -0.2) is 52.5 Å². The van der Waals surface area contributed by atoms with Gasteiger partial charge in [0.25, 0.3) is 0 Å². The van der Waals surface area contributed by atoms with Gasteiger partial charge in [-0.1, -0.05) is 47.0 Å². The van der Waals surface area contributed by atoms with E-state index in [-0.39, 0.29) is 11.9 Å². The van der Waals surface area contributed by atoms with Crippen LogP contribution >= 0.6 is 47.0 Å². The number of nitrogens with zero attached hydrogens (tertiary/aromatic N) is 1. The molecule has 37 heavy (non-hydrogen) atoms. The summed E-state index contributed by atoms with van der Waals surface area (Å²) in [4.78, 5) is -0.282. The molecule has 0 radical (unpaired) electrons. The van der Waals surface area contributed by atoms with E-state index in [4.69, 9.17) is 0 Å². The van der Waals surface area contributed by atoms with Crippen LogP contribution in [0.15, 0.2) is 30.2 Å². The highest BCUT2D eigenvalue weighted by atomic mass is 32.3. The predicted octanol–water partition coefficient (Wildman–Crippen LogP) is 9.50. The van der Waals surface area contributed by atoms with Crippen molar-refractivity contribution >= 4 is 47.0 Å². The predicted molar refractivity (Wildman–Crippen MR) is 98.3 cm³/mol. The van der Waals surface area contributed by atoms with Crippen LogP contribution < -0.4 is 0 Å². The van der Waals surface area contributed by atoms with E-state index in [0.717, 1.165) is 0 Å². The Bertz CT molecular complexity index is 960. The molecule has 2 rings (SSSR count). The molecule has 0 aromatic heterocycles. The third kappa shape index (κ3) is 6.67. The normalized spacial score (nSPS) is 22.5. The van der Waals surface area contributed by atoms with Gasteiger partial charge in [0.05, 0.1) is 13.5 Å². The Morgan fingerprint density at radius 1 is 0.486 bits per heavy atom. The van der Waals surface area contributed by atoms with Crippen molar-refractivity contribution in [2.45, 2.75) is 40.6 Å². The number of allylic oxidation sites excluding steroid dienone is 3. The van der Waals surface area contributed by atoms with E-state index in [0.29, 0.717) is 0 Å². The number of hydrogen-bond acceptors (Lipinski definition) is 5. The van der Waals surface area contributed by atoms with Crippen molar-refractivity contribution in [1.82, 2.24) is 4.90 Å². The average Bonchev–Trinajstić information content (AvgIpc) is 2.49. The molecule has 1 spiro atoms. The van der Waals surface area contributed by atoms with Crippen molar-refractivity contribution in [3.63, 3.8) is 0 Å². The van der Waals surface area contributed by atoms with Gasteiger partial charge in [-0.15, -0.1) is 0 Å². The lowest BCUT2D eigenvalue weighted by Gasteiger charge is -2.52. The van der Waals surface area contributed by atoms with Crippen molar-refractivity contribution in [1.29, 1.82) is 0 Å². The molecule has 0 atom stereocenters. The van der Waals surface area contributed by atoms with E-state index in [1.165, 1.54) is 0 Å². The lowest BCUT2D eigenvalue weighted by Crippen LogP contribution is -2.47. The minimum Gasteiger partial charge on any atom is -0.336 e. The largest absolute Gasteiger partial charge is 0.423 e. The fraction of sp³-hybridized carbons (Fsp3) is 0.571. The van der Waals surface area contributed by atoms with Gasteiger partial charge in [-0.25, -0.2) is 0 Å². The fourth-order valence-corrected chi connectivity index (χ4v) is 9.92. The Morgan fingerprint density at radius 3 is 1.05 bits per heavy atom. The van der Waals surface area contributed by atoms with Crippen LogP contribution in [0.4, 0.5) is 79.0 Å². The molecule has 0 bridgehead atoms. The molecule has 0 N–H and O–H groups in total. The summed E-state index contributed by atoms with van der Waals surface area (Å²) in [5.74, 6) is 0. The van der Waals surface area contributed by atoms with E-state index in [1.54, 1.807) is 0 Å². The second-order valence-corrected chi connectivity index (χ2v) is 12.4. The lowest BCUT2D eigenvalue weighted by atomic mass is 10.2. The van der Waals surface area contributed by atoms with Crippen molar-refractivity contribution < 1.29 is 79.0 Å². The Kier molecular flexibility index (Phi) is 8.20. The monoisotopic (exact) mass is 655 g/mol. The number of hydrogen-bond donors (Lipinski definition) is 0. The second kappa shape index (κ2) is 9.37. The first-order valence-electron chi connectivity index (χ1n) is 8.18. The van der Waals surface area contributed by atoms with Gasteiger partial charge in [-0.2, -0.15) is 79.0 Å². The first-order valence-corrected chi connectivity index (χ1v) is 11.4. The quantitative estimate of drug-likeness (QED) is 0.239. The van der Waals surface area contributed by atoms with Gasteiger partial charge < -0.3 is 4.90 Å². The van der Waals surface area contributed by atoms with Gasteiger partial charge in [0.1, 0.15) is 0 Å². The summed E-state index contributed by atoms with van der Waals surface area (Å²) in [7, 11) is 0.224. The van der Waals surface area contributed by atoms with Gasteiger partial charge in [0.15, 0.2) is 20.3 Å². The second-order valence-electron chi connectivity index (χ2n) is 6.48. The third-order valence-electron chi connectivity index (χ3n) is 3.89. The van der Waals surface area contributed by atoms with E-state index < -0.39 is 118 Å². The highest BCUT2D eigenvalue weighted by Crippen LogP contribution is 2.76. The van der Waals surface area contributed by atoms with Gasteiger partial charge in [-0.05, 0) is 0 Å². The molecular formula is C14H3F18NS4.